The van der Waals surface area contributed by atoms with Crippen molar-refractivity contribution in [3.63, 3.8) is 0 Å². The Morgan fingerprint density at radius 2 is 2.27 bits per heavy atom. The Balaban J connectivity index is 2.16. The van der Waals surface area contributed by atoms with E-state index < -0.39 is 0 Å². The summed E-state index contributed by atoms with van der Waals surface area (Å²) in [5, 5.41) is 6.24. The van der Waals surface area contributed by atoms with Crippen LogP contribution in [0, 0.1) is 5.92 Å². The van der Waals surface area contributed by atoms with E-state index in [1.165, 1.54) is 0 Å². The molecule has 2 rings (SSSR count). The third kappa shape index (κ3) is 1.11. The molecule has 60 valence electrons. The van der Waals surface area contributed by atoms with E-state index in [0.29, 0.717) is 11.2 Å². The van der Waals surface area contributed by atoms with Crippen LogP contribution in [0.2, 0.25) is 0 Å². The molecule has 0 spiro atoms. The number of thiocarbonyl (C=S) groups is 1. The van der Waals surface area contributed by atoms with Crippen LogP contribution in [0.25, 0.3) is 0 Å². The first kappa shape index (κ1) is 7.03. The molecule has 4 heteroatoms. The van der Waals surface area contributed by atoms with Crippen LogP contribution in [0.3, 0.4) is 0 Å². The molecule has 0 aromatic carbocycles. The summed E-state index contributed by atoms with van der Waals surface area (Å²) in [6, 6.07) is 0.316. The molecular weight excluding hydrogens is 160 g/mol. The van der Waals surface area contributed by atoms with Crippen LogP contribution in [-0.4, -0.2) is 17.1 Å². The lowest BCUT2D eigenvalue weighted by atomic mass is 10.0. The predicted molar refractivity (Wildman–Crippen MR) is 45.0 cm³/mol. The van der Waals surface area contributed by atoms with E-state index in [4.69, 9.17) is 12.2 Å². The number of amides is 1. The average Bonchev–Trinajstić information content (AvgIpc) is 2.34. The Morgan fingerprint density at radius 3 is 3.09 bits per heavy atom. The zero-order chi connectivity index (χ0) is 7.84. The minimum absolute atomic E-state index is 0.108. The summed E-state index contributed by atoms with van der Waals surface area (Å²) in [6.45, 7) is 0. The number of fused-ring (bicyclic) bond motifs is 1. The van der Waals surface area contributed by atoms with Crippen molar-refractivity contribution in [3.05, 3.63) is 0 Å². The van der Waals surface area contributed by atoms with Crippen LogP contribution in [0.4, 0.5) is 0 Å². The van der Waals surface area contributed by atoms with Crippen molar-refractivity contribution >= 4 is 23.2 Å². The monoisotopic (exact) mass is 170 g/mol. The second kappa shape index (κ2) is 2.44. The maximum atomic E-state index is 11.2. The molecule has 2 N–H and O–H groups in total. The lowest BCUT2D eigenvalue weighted by Gasteiger charge is -2.27. The van der Waals surface area contributed by atoms with Gasteiger partial charge < -0.3 is 10.6 Å². The van der Waals surface area contributed by atoms with Crippen LogP contribution >= 0.6 is 12.2 Å². The maximum Gasteiger partial charge on any atom is 0.231 e. The zero-order valence-electron chi connectivity index (χ0n) is 6.09. The molecular formula is C7H10N2OS. The van der Waals surface area contributed by atoms with Crippen LogP contribution in [0.5, 0.6) is 0 Å². The number of hydrogen-bond acceptors (Lipinski definition) is 2. The van der Waals surface area contributed by atoms with Crippen molar-refractivity contribution in [2.24, 2.45) is 5.92 Å². The summed E-state index contributed by atoms with van der Waals surface area (Å²) in [6.07, 6.45) is 3.22. The molecule has 0 aromatic heterocycles. The molecule has 2 aliphatic rings. The molecule has 1 amide bonds. The minimum atomic E-state index is 0.108. The lowest BCUT2D eigenvalue weighted by Crippen LogP contribution is -2.55. The molecule has 0 aromatic rings. The van der Waals surface area contributed by atoms with Gasteiger partial charge in [0.05, 0.1) is 5.92 Å². The van der Waals surface area contributed by atoms with Crippen molar-refractivity contribution in [3.8, 4) is 0 Å². The van der Waals surface area contributed by atoms with Gasteiger partial charge in [-0.25, -0.2) is 0 Å². The van der Waals surface area contributed by atoms with E-state index in [1.54, 1.807) is 0 Å². The maximum absolute atomic E-state index is 11.2. The van der Waals surface area contributed by atoms with Gasteiger partial charge in [0.2, 0.25) is 5.91 Å². The first-order valence-corrected chi connectivity index (χ1v) is 4.29. The summed E-state index contributed by atoms with van der Waals surface area (Å²) >= 11 is 4.86. The second-order valence-electron chi connectivity index (χ2n) is 3.11. The number of rotatable bonds is 0. The molecule has 0 unspecified atom stereocenters. The zero-order valence-corrected chi connectivity index (χ0v) is 6.91. The minimum Gasteiger partial charge on any atom is -0.359 e. The van der Waals surface area contributed by atoms with Crippen LogP contribution in [0.1, 0.15) is 19.3 Å². The molecule has 1 heterocycles. The Hall–Kier alpha value is -0.640. The van der Waals surface area contributed by atoms with Gasteiger partial charge in [-0.2, -0.15) is 0 Å². The first-order valence-electron chi connectivity index (χ1n) is 3.89. The fraction of sp³-hybridized carbons (Fsp3) is 0.714. The topological polar surface area (TPSA) is 41.1 Å². The summed E-state index contributed by atoms with van der Waals surface area (Å²) in [4.78, 5) is 11.2. The van der Waals surface area contributed by atoms with Gasteiger partial charge >= 0.3 is 0 Å². The van der Waals surface area contributed by atoms with Gasteiger partial charge in [0.1, 0.15) is 0 Å². The van der Waals surface area contributed by atoms with Gasteiger partial charge in [-0.1, -0.05) is 6.42 Å². The van der Waals surface area contributed by atoms with Gasteiger partial charge in [-0.05, 0) is 25.1 Å². The normalized spacial score (nSPS) is 36.0. The van der Waals surface area contributed by atoms with Gasteiger partial charge in [0.15, 0.2) is 5.11 Å². The molecule has 0 bridgehead atoms. The lowest BCUT2D eigenvalue weighted by molar-refractivity contribution is -0.124. The Labute approximate surface area is 70.5 Å². The highest BCUT2D eigenvalue weighted by Crippen LogP contribution is 2.27. The quantitative estimate of drug-likeness (QED) is 0.509. The highest BCUT2D eigenvalue weighted by molar-refractivity contribution is 7.80. The molecule has 1 saturated heterocycles. The summed E-state index contributed by atoms with van der Waals surface area (Å²) in [5.74, 6) is 0.276. The van der Waals surface area contributed by atoms with Gasteiger partial charge in [-0.3, -0.25) is 4.79 Å². The van der Waals surface area contributed by atoms with Crippen LogP contribution in [-0.2, 0) is 4.79 Å². The number of carbonyl (C=O) groups is 1. The standard InChI is InChI=1S/C7H10N2OS/c10-6-4-2-1-3-5(4)8-7(11)9-6/h4-5H,1-3H2,(H2,8,9,10,11)/t4-,5+/m0/s1. The fourth-order valence-corrected chi connectivity index (χ4v) is 2.11. The Bertz CT molecular complexity index is 216. The van der Waals surface area contributed by atoms with Crippen molar-refractivity contribution in [1.29, 1.82) is 0 Å². The first-order chi connectivity index (χ1) is 5.27. The Kier molecular flexibility index (Phi) is 1.56. The molecule has 3 nitrogen and oxygen atoms in total. The fourth-order valence-electron chi connectivity index (χ4n) is 1.86. The molecule has 1 saturated carbocycles. The third-order valence-corrected chi connectivity index (χ3v) is 2.63. The molecule has 1 aliphatic carbocycles. The van der Waals surface area contributed by atoms with E-state index in [0.717, 1.165) is 19.3 Å². The summed E-state index contributed by atoms with van der Waals surface area (Å²) < 4.78 is 0. The average molecular weight is 170 g/mol. The SMILES string of the molecule is O=C1NC(=S)N[C@@H]2CCC[C@H]12. The van der Waals surface area contributed by atoms with Gasteiger partial charge in [0.25, 0.3) is 0 Å². The highest BCUT2D eigenvalue weighted by atomic mass is 32.1. The second-order valence-corrected chi connectivity index (χ2v) is 3.51. The van der Waals surface area contributed by atoms with Crippen LogP contribution < -0.4 is 10.6 Å². The van der Waals surface area contributed by atoms with E-state index >= 15 is 0 Å². The third-order valence-electron chi connectivity index (χ3n) is 2.41. The number of hydrogen-bond donors (Lipinski definition) is 2. The number of nitrogens with one attached hydrogen (secondary N) is 2. The van der Waals surface area contributed by atoms with Gasteiger partial charge in [0, 0.05) is 6.04 Å². The summed E-state index contributed by atoms with van der Waals surface area (Å²) in [7, 11) is 0. The molecule has 2 fully saturated rings. The van der Waals surface area contributed by atoms with E-state index in [1.807, 2.05) is 0 Å². The van der Waals surface area contributed by atoms with Gasteiger partial charge in [-0.15, -0.1) is 0 Å². The molecule has 1 aliphatic heterocycles. The number of carbonyl (C=O) groups excluding carboxylic acids is 1. The van der Waals surface area contributed by atoms with Crippen molar-refractivity contribution in [2.75, 3.05) is 0 Å². The van der Waals surface area contributed by atoms with E-state index in [-0.39, 0.29) is 11.8 Å². The molecule has 0 radical (unpaired) electrons. The highest BCUT2D eigenvalue weighted by Gasteiger charge is 2.36. The van der Waals surface area contributed by atoms with Crippen molar-refractivity contribution < 1.29 is 4.79 Å². The van der Waals surface area contributed by atoms with E-state index in [9.17, 15) is 4.79 Å². The Morgan fingerprint density at radius 1 is 1.45 bits per heavy atom. The smallest absolute Gasteiger partial charge is 0.231 e. The molecule has 11 heavy (non-hydrogen) atoms. The van der Waals surface area contributed by atoms with E-state index in [2.05, 4.69) is 10.6 Å². The van der Waals surface area contributed by atoms with Crippen molar-refractivity contribution in [1.82, 2.24) is 10.6 Å². The van der Waals surface area contributed by atoms with Crippen molar-refractivity contribution in [2.45, 2.75) is 25.3 Å². The largest absolute Gasteiger partial charge is 0.359 e. The molecule has 2 atom stereocenters. The summed E-state index contributed by atoms with van der Waals surface area (Å²) in [5.41, 5.74) is 0. The van der Waals surface area contributed by atoms with Crippen LogP contribution in [0.15, 0.2) is 0 Å². The predicted octanol–water partition coefficient (Wildman–Crippen LogP) is 0.159.